The molecule has 1 spiro atoms. The second-order valence-corrected chi connectivity index (χ2v) is 10.8. The number of carbonyl (C=O) groups excluding carboxylic acids is 1. The summed E-state index contributed by atoms with van der Waals surface area (Å²) in [4.78, 5) is 21.5. The minimum atomic E-state index is 0.0655. The number of nitrogens with zero attached hydrogens (tertiary/aromatic N) is 2. The van der Waals surface area contributed by atoms with Crippen LogP contribution in [-0.4, -0.2) is 48.6 Å². The van der Waals surface area contributed by atoms with Crippen LogP contribution in [0.2, 0.25) is 0 Å². The summed E-state index contributed by atoms with van der Waals surface area (Å²) in [5, 5.41) is 4.36. The van der Waals surface area contributed by atoms with Gasteiger partial charge in [-0.15, -0.1) is 11.3 Å². The first-order chi connectivity index (χ1) is 12.7. The number of likely N-dealkylation sites (tertiary alicyclic amines) is 1. The standard InChI is InChI=1S/C21H35N3O2S/c1-15-18(27-16(2)23-15)13-24-12-17(19(25)22-9-6-20(3,4)5)21(14-24)7-10-26-11-8-21/h17H,6-14H2,1-5H3,(H,22,25). The lowest BCUT2D eigenvalue weighted by Gasteiger charge is -2.37. The smallest absolute Gasteiger partial charge is 0.225 e. The van der Waals surface area contributed by atoms with Crippen molar-refractivity contribution in [3.63, 3.8) is 0 Å². The Morgan fingerprint density at radius 3 is 2.63 bits per heavy atom. The number of carbonyl (C=O) groups is 1. The van der Waals surface area contributed by atoms with Crippen LogP contribution in [0, 0.1) is 30.6 Å². The monoisotopic (exact) mass is 393 g/mol. The van der Waals surface area contributed by atoms with Gasteiger partial charge in [0.25, 0.3) is 0 Å². The van der Waals surface area contributed by atoms with E-state index in [0.29, 0.717) is 0 Å². The van der Waals surface area contributed by atoms with Crippen LogP contribution < -0.4 is 5.32 Å². The van der Waals surface area contributed by atoms with Crippen molar-refractivity contribution in [3.05, 3.63) is 15.6 Å². The first kappa shape index (κ1) is 20.7. The molecule has 0 radical (unpaired) electrons. The molecule has 1 unspecified atom stereocenters. The molecule has 6 heteroatoms. The first-order valence-electron chi connectivity index (χ1n) is 10.2. The third kappa shape index (κ3) is 5.09. The molecule has 27 heavy (non-hydrogen) atoms. The molecule has 2 aliphatic rings. The number of hydrogen-bond donors (Lipinski definition) is 1. The van der Waals surface area contributed by atoms with Gasteiger partial charge in [-0.2, -0.15) is 0 Å². The molecule has 2 saturated heterocycles. The van der Waals surface area contributed by atoms with E-state index in [0.717, 1.165) is 69.4 Å². The predicted octanol–water partition coefficient (Wildman–Crippen LogP) is 3.54. The Kier molecular flexibility index (Phi) is 6.28. The fourth-order valence-corrected chi connectivity index (χ4v) is 5.42. The maximum Gasteiger partial charge on any atom is 0.225 e. The van der Waals surface area contributed by atoms with Crippen LogP contribution in [0.5, 0.6) is 0 Å². The Bertz CT molecular complexity index is 659. The van der Waals surface area contributed by atoms with Crippen molar-refractivity contribution in [2.24, 2.45) is 16.7 Å². The van der Waals surface area contributed by atoms with Gasteiger partial charge in [-0.1, -0.05) is 20.8 Å². The van der Waals surface area contributed by atoms with E-state index in [4.69, 9.17) is 4.74 Å². The topological polar surface area (TPSA) is 54.5 Å². The number of aromatic nitrogens is 1. The number of aryl methyl sites for hydroxylation is 2. The highest BCUT2D eigenvalue weighted by atomic mass is 32.1. The Hall–Kier alpha value is -0.980. The van der Waals surface area contributed by atoms with Crippen molar-refractivity contribution in [2.45, 2.75) is 60.4 Å². The number of nitrogens with one attached hydrogen (secondary N) is 1. The molecule has 1 amide bonds. The molecular formula is C21H35N3O2S. The normalized spacial score (nSPS) is 23.1. The minimum Gasteiger partial charge on any atom is -0.381 e. The third-order valence-corrected chi connectivity index (χ3v) is 7.12. The zero-order valence-corrected chi connectivity index (χ0v) is 18.4. The average molecular weight is 394 g/mol. The molecule has 3 heterocycles. The van der Waals surface area contributed by atoms with Crippen molar-refractivity contribution in [2.75, 3.05) is 32.8 Å². The van der Waals surface area contributed by atoms with Crippen LogP contribution >= 0.6 is 11.3 Å². The van der Waals surface area contributed by atoms with Gasteiger partial charge >= 0.3 is 0 Å². The molecule has 152 valence electrons. The molecule has 0 aliphatic carbocycles. The van der Waals surface area contributed by atoms with E-state index in [9.17, 15) is 4.79 Å². The summed E-state index contributed by atoms with van der Waals surface area (Å²) in [5.74, 6) is 0.302. The zero-order valence-electron chi connectivity index (χ0n) is 17.6. The Labute approximate surface area is 167 Å². The number of amides is 1. The lowest BCUT2D eigenvalue weighted by molar-refractivity contribution is -0.129. The number of hydrogen-bond acceptors (Lipinski definition) is 5. The van der Waals surface area contributed by atoms with Crippen LogP contribution in [0.4, 0.5) is 0 Å². The lowest BCUT2D eigenvalue weighted by Crippen LogP contribution is -2.44. The zero-order chi connectivity index (χ0) is 19.7. The summed E-state index contributed by atoms with van der Waals surface area (Å²) < 4.78 is 5.63. The second-order valence-electron chi connectivity index (χ2n) is 9.54. The Morgan fingerprint density at radius 1 is 1.33 bits per heavy atom. The fraction of sp³-hybridized carbons (Fsp3) is 0.810. The van der Waals surface area contributed by atoms with E-state index >= 15 is 0 Å². The van der Waals surface area contributed by atoms with Gasteiger partial charge in [-0.05, 0) is 38.5 Å². The summed E-state index contributed by atoms with van der Waals surface area (Å²) in [6.07, 6.45) is 2.98. The highest BCUT2D eigenvalue weighted by molar-refractivity contribution is 7.11. The number of rotatable bonds is 5. The quantitative estimate of drug-likeness (QED) is 0.831. The largest absolute Gasteiger partial charge is 0.381 e. The predicted molar refractivity (Wildman–Crippen MR) is 110 cm³/mol. The van der Waals surface area contributed by atoms with Gasteiger partial charge in [-0.3, -0.25) is 9.69 Å². The molecule has 0 aromatic carbocycles. The van der Waals surface area contributed by atoms with Gasteiger partial charge in [0.1, 0.15) is 0 Å². The molecule has 0 bridgehead atoms. The molecule has 5 nitrogen and oxygen atoms in total. The van der Waals surface area contributed by atoms with Gasteiger partial charge in [0, 0.05) is 49.7 Å². The number of thiazole rings is 1. The summed E-state index contributed by atoms with van der Waals surface area (Å²) in [7, 11) is 0. The molecule has 1 atom stereocenters. The molecule has 3 rings (SSSR count). The van der Waals surface area contributed by atoms with E-state index in [2.05, 4.69) is 49.8 Å². The van der Waals surface area contributed by atoms with Crippen LogP contribution in [0.3, 0.4) is 0 Å². The van der Waals surface area contributed by atoms with Gasteiger partial charge in [0.2, 0.25) is 5.91 Å². The SMILES string of the molecule is Cc1nc(C)c(CN2CC(C(=O)NCCC(C)(C)C)C3(CCOCC3)C2)s1. The maximum atomic E-state index is 13.1. The second kappa shape index (κ2) is 8.18. The molecule has 0 saturated carbocycles. The van der Waals surface area contributed by atoms with Gasteiger partial charge in [-0.25, -0.2) is 4.98 Å². The van der Waals surface area contributed by atoms with Crippen molar-refractivity contribution in [1.82, 2.24) is 15.2 Å². The van der Waals surface area contributed by atoms with Gasteiger partial charge in [0.05, 0.1) is 16.6 Å². The van der Waals surface area contributed by atoms with E-state index < -0.39 is 0 Å². The highest BCUT2D eigenvalue weighted by Crippen LogP contribution is 2.45. The molecule has 1 aromatic rings. The molecule has 1 aromatic heterocycles. The van der Waals surface area contributed by atoms with E-state index in [1.54, 1.807) is 11.3 Å². The van der Waals surface area contributed by atoms with Gasteiger partial charge < -0.3 is 10.1 Å². The molecule has 2 fully saturated rings. The van der Waals surface area contributed by atoms with E-state index in [1.165, 1.54) is 4.88 Å². The van der Waals surface area contributed by atoms with Crippen molar-refractivity contribution < 1.29 is 9.53 Å². The van der Waals surface area contributed by atoms with Crippen LogP contribution in [0.1, 0.15) is 55.6 Å². The van der Waals surface area contributed by atoms with Crippen LogP contribution in [0.25, 0.3) is 0 Å². The van der Waals surface area contributed by atoms with Gasteiger partial charge in [0.15, 0.2) is 0 Å². The third-order valence-electron chi connectivity index (χ3n) is 6.06. The van der Waals surface area contributed by atoms with E-state index in [1.807, 2.05) is 0 Å². The molecule has 1 N–H and O–H groups in total. The summed E-state index contributed by atoms with van der Waals surface area (Å²) in [6.45, 7) is 15.9. The summed E-state index contributed by atoms with van der Waals surface area (Å²) in [5.41, 5.74) is 1.45. The first-order valence-corrected chi connectivity index (χ1v) is 11.0. The maximum absolute atomic E-state index is 13.1. The summed E-state index contributed by atoms with van der Waals surface area (Å²) >= 11 is 1.78. The minimum absolute atomic E-state index is 0.0655. The highest BCUT2D eigenvalue weighted by Gasteiger charge is 2.50. The molecule has 2 aliphatic heterocycles. The fourth-order valence-electron chi connectivity index (χ4n) is 4.45. The van der Waals surface area contributed by atoms with E-state index in [-0.39, 0.29) is 22.7 Å². The van der Waals surface area contributed by atoms with Crippen molar-refractivity contribution in [1.29, 1.82) is 0 Å². The lowest BCUT2D eigenvalue weighted by atomic mass is 9.71. The Balaban J connectivity index is 1.68. The van der Waals surface area contributed by atoms with Crippen LogP contribution in [0.15, 0.2) is 0 Å². The van der Waals surface area contributed by atoms with Crippen molar-refractivity contribution >= 4 is 17.2 Å². The number of ether oxygens (including phenoxy) is 1. The average Bonchev–Trinajstić information content (AvgIpc) is 3.07. The van der Waals surface area contributed by atoms with Crippen molar-refractivity contribution in [3.8, 4) is 0 Å². The summed E-state index contributed by atoms with van der Waals surface area (Å²) in [6, 6.07) is 0. The molecular weight excluding hydrogens is 358 g/mol. The van der Waals surface area contributed by atoms with Crippen LogP contribution in [-0.2, 0) is 16.1 Å². The Morgan fingerprint density at radius 2 is 2.04 bits per heavy atom.